The Morgan fingerprint density at radius 3 is 2.95 bits per heavy atom. The normalized spacial score (nSPS) is 10.4. The highest BCUT2D eigenvalue weighted by atomic mass is 35.5. The van der Waals surface area contributed by atoms with Gasteiger partial charge in [0.05, 0.1) is 10.8 Å². The number of carbonyl (C=O) groups is 1. The van der Waals surface area contributed by atoms with Gasteiger partial charge >= 0.3 is 0 Å². The van der Waals surface area contributed by atoms with Gasteiger partial charge in [-0.3, -0.25) is 9.89 Å². The second kappa shape index (κ2) is 6.63. The van der Waals surface area contributed by atoms with Crippen molar-refractivity contribution in [3.05, 3.63) is 41.0 Å². The number of hydrogen-bond acceptors (Lipinski definition) is 3. The first-order chi connectivity index (χ1) is 9.19. The number of carbonyl (C=O) groups excluding carboxylic acids is 1. The number of nitrogens with one attached hydrogen (secondary N) is 2. The van der Waals surface area contributed by atoms with Crippen molar-refractivity contribution in [2.45, 2.75) is 18.2 Å². The van der Waals surface area contributed by atoms with E-state index < -0.39 is 0 Å². The van der Waals surface area contributed by atoms with Gasteiger partial charge in [0.15, 0.2) is 5.82 Å². The number of anilines is 1. The van der Waals surface area contributed by atoms with Crippen molar-refractivity contribution in [2.75, 3.05) is 11.1 Å². The number of benzene rings is 1. The number of rotatable bonds is 5. The summed E-state index contributed by atoms with van der Waals surface area (Å²) in [5, 5.41) is 10.3. The molecule has 19 heavy (non-hydrogen) atoms. The van der Waals surface area contributed by atoms with Gasteiger partial charge in [0.1, 0.15) is 0 Å². The molecule has 0 aliphatic heterocycles. The van der Waals surface area contributed by atoms with Gasteiger partial charge in [0, 0.05) is 16.7 Å². The van der Waals surface area contributed by atoms with E-state index in [0.29, 0.717) is 16.6 Å². The lowest BCUT2D eigenvalue weighted by molar-refractivity contribution is -0.113. The fourth-order valence-corrected chi connectivity index (χ4v) is 2.53. The minimum Gasteiger partial charge on any atom is -0.308 e. The third-order valence-corrected chi connectivity index (χ3v) is 3.99. The fraction of sp³-hybridized carbons (Fsp3) is 0.231. The van der Waals surface area contributed by atoms with Crippen LogP contribution in [0.25, 0.3) is 0 Å². The van der Waals surface area contributed by atoms with Gasteiger partial charge in [-0.05, 0) is 18.6 Å². The molecule has 1 amide bonds. The topological polar surface area (TPSA) is 57.8 Å². The van der Waals surface area contributed by atoms with E-state index >= 15 is 0 Å². The van der Waals surface area contributed by atoms with Crippen LogP contribution in [0.2, 0.25) is 5.02 Å². The molecule has 1 aromatic heterocycles. The summed E-state index contributed by atoms with van der Waals surface area (Å²) in [4.78, 5) is 12.7. The van der Waals surface area contributed by atoms with Crippen molar-refractivity contribution in [2.24, 2.45) is 0 Å². The van der Waals surface area contributed by atoms with Crippen LogP contribution in [-0.2, 0) is 11.2 Å². The molecule has 4 nitrogen and oxygen atoms in total. The van der Waals surface area contributed by atoms with E-state index in [-0.39, 0.29) is 5.91 Å². The molecule has 2 rings (SSSR count). The Morgan fingerprint density at radius 2 is 2.26 bits per heavy atom. The molecule has 0 saturated heterocycles. The molecule has 1 heterocycles. The van der Waals surface area contributed by atoms with Gasteiger partial charge in [-0.2, -0.15) is 5.10 Å². The maximum absolute atomic E-state index is 11.8. The number of aryl methyl sites for hydroxylation is 1. The first kappa shape index (κ1) is 14.0. The maximum atomic E-state index is 11.8. The van der Waals surface area contributed by atoms with Crippen LogP contribution in [-0.4, -0.2) is 21.9 Å². The second-order valence-electron chi connectivity index (χ2n) is 3.90. The molecule has 0 saturated carbocycles. The minimum atomic E-state index is -0.0981. The Bertz CT molecular complexity index is 571. The lowest BCUT2D eigenvalue weighted by Crippen LogP contribution is -2.14. The summed E-state index contributed by atoms with van der Waals surface area (Å²) in [6.07, 6.45) is 0.858. The molecule has 0 aliphatic rings. The van der Waals surface area contributed by atoms with Gasteiger partial charge in [0.2, 0.25) is 5.91 Å². The Kier molecular flexibility index (Phi) is 4.87. The summed E-state index contributed by atoms with van der Waals surface area (Å²) in [5.41, 5.74) is 0.994. The van der Waals surface area contributed by atoms with E-state index in [2.05, 4.69) is 15.5 Å². The standard InChI is InChI=1S/C13H14ClN3OS/c1-2-9-7-12(17-16-9)15-13(18)8-19-11-6-4-3-5-10(11)14/h3-7H,2,8H2,1H3,(H2,15,16,17,18). The smallest absolute Gasteiger partial charge is 0.235 e. The van der Waals surface area contributed by atoms with Crippen molar-refractivity contribution >= 4 is 35.1 Å². The molecule has 0 fully saturated rings. The van der Waals surface area contributed by atoms with Crippen LogP contribution in [0.15, 0.2) is 35.2 Å². The highest BCUT2D eigenvalue weighted by Crippen LogP contribution is 2.26. The molecule has 0 aliphatic carbocycles. The quantitative estimate of drug-likeness (QED) is 0.832. The molecule has 0 atom stereocenters. The average Bonchev–Trinajstić information content (AvgIpc) is 2.85. The molecular weight excluding hydrogens is 282 g/mol. The number of aromatic amines is 1. The number of thioether (sulfide) groups is 1. The number of aromatic nitrogens is 2. The maximum Gasteiger partial charge on any atom is 0.235 e. The molecule has 2 N–H and O–H groups in total. The van der Waals surface area contributed by atoms with Crippen molar-refractivity contribution < 1.29 is 4.79 Å². The molecular formula is C13H14ClN3OS. The zero-order valence-corrected chi connectivity index (χ0v) is 12.0. The molecule has 100 valence electrons. The lowest BCUT2D eigenvalue weighted by Gasteiger charge is -2.03. The molecule has 6 heteroatoms. The van der Waals surface area contributed by atoms with Crippen LogP contribution in [0.4, 0.5) is 5.82 Å². The highest BCUT2D eigenvalue weighted by molar-refractivity contribution is 8.00. The highest BCUT2D eigenvalue weighted by Gasteiger charge is 2.07. The Balaban J connectivity index is 1.86. The summed E-state index contributed by atoms with van der Waals surface area (Å²) in [6, 6.07) is 9.29. The van der Waals surface area contributed by atoms with Crippen molar-refractivity contribution in [3.8, 4) is 0 Å². The number of nitrogens with zero attached hydrogens (tertiary/aromatic N) is 1. The van der Waals surface area contributed by atoms with Crippen molar-refractivity contribution in [1.82, 2.24) is 10.2 Å². The molecule has 1 aromatic carbocycles. The van der Waals surface area contributed by atoms with Crippen LogP contribution < -0.4 is 5.32 Å². The van der Waals surface area contributed by atoms with Crippen molar-refractivity contribution in [1.29, 1.82) is 0 Å². The first-order valence-corrected chi connectivity index (χ1v) is 7.27. The molecule has 0 unspecified atom stereocenters. The van der Waals surface area contributed by atoms with E-state index in [1.165, 1.54) is 11.8 Å². The number of hydrogen-bond donors (Lipinski definition) is 2. The van der Waals surface area contributed by atoms with Crippen molar-refractivity contribution in [3.63, 3.8) is 0 Å². The minimum absolute atomic E-state index is 0.0981. The average molecular weight is 296 g/mol. The summed E-state index contributed by atoms with van der Waals surface area (Å²) in [6.45, 7) is 2.02. The third kappa shape index (κ3) is 4.01. The van der Waals surface area contributed by atoms with Crippen LogP contribution in [0.5, 0.6) is 0 Å². The SMILES string of the molecule is CCc1cc(NC(=O)CSc2ccccc2Cl)n[nH]1. The van der Waals surface area contributed by atoms with E-state index in [9.17, 15) is 4.79 Å². The predicted octanol–water partition coefficient (Wildman–Crippen LogP) is 3.36. The van der Waals surface area contributed by atoms with E-state index in [4.69, 9.17) is 11.6 Å². The van der Waals surface area contributed by atoms with Crippen LogP contribution >= 0.6 is 23.4 Å². The monoisotopic (exact) mass is 295 g/mol. The van der Waals surface area contributed by atoms with E-state index in [1.54, 1.807) is 0 Å². The zero-order chi connectivity index (χ0) is 13.7. The van der Waals surface area contributed by atoms with E-state index in [1.807, 2.05) is 37.3 Å². The van der Waals surface area contributed by atoms with Gasteiger partial charge in [0.25, 0.3) is 0 Å². The first-order valence-electron chi connectivity index (χ1n) is 5.90. The molecule has 0 bridgehead atoms. The number of amides is 1. The lowest BCUT2D eigenvalue weighted by atomic mass is 10.3. The van der Waals surface area contributed by atoms with Crippen LogP contribution in [0.3, 0.4) is 0 Å². The molecule has 2 aromatic rings. The molecule has 0 spiro atoms. The van der Waals surface area contributed by atoms with Gasteiger partial charge in [-0.25, -0.2) is 0 Å². The van der Waals surface area contributed by atoms with Gasteiger partial charge in [-0.1, -0.05) is 30.7 Å². The Morgan fingerprint density at radius 1 is 1.47 bits per heavy atom. The predicted molar refractivity (Wildman–Crippen MR) is 78.8 cm³/mol. The molecule has 0 radical (unpaired) electrons. The van der Waals surface area contributed by atoms with Crippen LogP contribution in [0, 0.1) is 0 Å². The summed E-state index contributed by atoms with van der Waals surface area (Å²) < 4.78 is 0. The van der Waals surface area contributed by atoms with E-state index in [0.717, 1.165) is 17.0 Å². The third-order valence-electron chi connectivity index (χ3n) is 2.47. The summed E-state index contributed by atoms with van der Waals surface area (Å²) in [7, 11) is 0. The Hall–Kier alpha value is -1.46. The summed E-state index contributed by atoms with van der Waals surface area (Å²) >= 11 is 7.43. The van der Waals surface area contributed by atoms with Gasteiger partial charge < -0.3 is 5.32 Å². The summed E-state index contributed by atoms with van der Waals surface area (Å²) in [5.74, 6) is 0.763. The van der Waals surface area contributed by atoms with Gasteiger partial charge in [-0.15, -0.1) is 11.8 Å². The number of halogens is 1. The Labute approximate surface area is 120 Å². The largest absolute Gasteiger partial charge is 0.308 e. The van der Waals surface area contributed by atoms with Crippen LogP contribution in [0.1, 0.15) is 12.6 Å². The fourth-order valence-electron chi connectivity index (χ4n) is 1.49. The number of H-pyrrole nitrogens is 1. The zero-order valence-electron chi connectivity index (χ0n) is 10.4. The second-order valence-corrected chi connectivity index (χ2v) is 5.32.